The molecular weight excluding hydrogens is 424 g/mol. The van der Waals surface area contributed by atoms with Crippen molar-refractivity contribution in [2.75, 3.05) is 33.2 Å². The van der Waals surface area contributed by atoms with Crippen molar-refractivity contribution in [1.29, 1.82) is 0 Å². The van der Waals surface area contributed by atoms with Crippen molar-refractivity contribution in [2.24, 2.45) is 7.05 Å². The number of sulfonamides is 1. The van der Waals surface area contributed by atoms with Crippen LogP contribution in [0.1, 0.15) is 62.9 Å². The number of aryl methyl sites for hydroxylation is 1. The van der Waals surface area contributed by atoms with E-state index in [1.165, 1.54) is 36.4 Å². The Morgan fingerprint density at radius 2 is 1.81 bits per heavy atom. The molecule has 0 spiro atoms. The SMILES string of the molecule is CCN(CC)S(=O)(=O)c1ccc2c(c1)cc(C(=O)NCCCN(C)C1CCCCC1)n2C. The smallest absolute Gasteiger partial charge is 0.267 e. The van der Waals surface area contributed by atoms with Crippen molar-refractivity contribution >= 4 is 26.8 Å². The van der Waals surface area contributed by atoms with E-state index in [1.807, 2.05) is 25.5 Å². The van der Waals surface area contributed by atoms with Gasteiger partial charge in [-0.2, -0.15) is 4.31 Å². The van der Waals surface area contributed by atoms with Gasteiger partial charge in [0, 0.05) is 43.6 Å². The molecule has 178 valence electrons. The Morgan fingerprint density at radius 3 is 2.47 bits per heavy atom. The largest absolute Gasteiger partial charge is 0.351 e. The number of hydrogen-bond donors (Lipinski definition) is 1. The monoisotopic (exact) mass is 462 g/mol. The molecule has 1 aromatic carbocycles. The molecule has 1 heterocycles. The van der Waals surface area contributed by atoms with Crippen LogP contribution < -0.4 is 5.32 Å². The average molecular weight is 463 g/mol. The molecule has 1 aliphatic carbocycles. The minimum Gasteiger partial charge on any atom is -0.351 e. The van der Waals surface area contributed by atoms with Crippen LogP contribution in [0.4, 0.5) is 0 Å². The van der Waals surface area contributed by atoms with Crippen molar-refractivity contribution in [3.63, 3.8) is 0 Å². The summed E-state index contributed by atoms with van der Waals surface area (Å²) >= 11 is 0. The normalized spacial score (nSPS) is 15.7. The molecule has 0 unspecified atom stereocenters. The first-order valence-corrected chi connectivity index (χ1v) is 13.3. The maximum atomic E-state index is 12.8. The van der Waals surface area contributed by atoms with Crippen molar-refractivity contribution in [2.45, 2.75) is 63.3 Å². The average Bonchev–Trinajstić information content (AvgIpc) is 3.13. The van der Waals surface area contributed by atoms with Gasteiger partial charge in [-0.05, 0) is 57.1 Å². The third-order valence-electron chi connectivity index (χ3n) is 6.76. The Kier molecular flexibility index (Phi) is 8.36. The number of nitrogens with one attached hydrogen (secondary N) is 1. The second-order valence-electron chi connectivity index (χ2n) is 8.78. The van der Waals surface area contributed by atoms with Crippen LogP contribution in [-0.4, -0.2) is 67.4 Å². The Balaban J connectivity index is 1.64. The maximum absolute atomic E-state index is 12.8. The molecule has 1 aliphatic rings. The summed E-state index contributed by atoms with van der Waals surface area (Å²) in [6, 6.07) is 7.53. The minimum atomic E-state index is -3.53. The lowest BCUT2D eigenvalue weighted by molar-refractivity contribution is 0.0943. The summed E-state index contributed by atoms with van der Waals surface area (Å²) in [6.07, 6.45) is 7.48. The predicted molar refractivity (Wildman–Crippen MR) is 129 cm³/mol. The van der Waals surface area contributed by atoms with Crippen LogP contribution in [0.3, 0.4) is 0 Å². The third kappa shape index (κ3) is 5.35. The Hall–Kier alpha value is -1.90. The molecule has 0 aliphatic heterocycles. The summed E-state index contributed by atoms with van der Waals surface area (Å²) in [5, 5.41) is 3.78. The van der Waals surface area contributed by atoms with Crippen LogP contribution >= 0.6 is 0 Å². The topological polar surface area (TPSA) is 74.7 Å². The first-order valence-electron chi connectivity index (χ1n) is 11.9. The zero-order valence-electron chi connectivity index (χ0n) is 19.9. The van der Waals surface area contributed by atoms with E-state index in [4.69, 9.17) is 0 Å². The molecule has 32 heavy (non-hydrogen) atoms. The van der Waals surface area contributed by atoms with Crippen LogP contribution in [0.25, 0.3) is 10.9 Å². The molecule has 0 radical (unpaired) electrons. The van der Waals surface area contributed by atoms with Gasteiger partial charge in [0.1, 0.15) is 5.69 Å². The highest BCUT2D eigenvalue weighted by Crippen LogP contribution is 2.25. The van der Waals surface area contributed by atoms with Gasteiger partial charge in [-0.25, -0.2) is 8.42 Å². The number of amides is 1. The number of benzene rings is 1. The summed E-state index contributed by atoms with van der Waals surface area (Å²) in [4.78, 5) is 15.5. The maximum Gasteiger partial charge on any atom is 0.267 e. The lowest BCUT2D eigenvalue weighted by Crippen LogP contribution is -2.36. The van der Waals surface area contributed by atoms with Gasteiger partial charge in [-0.15, -0.1) is 0 Å². The van der Waals surface area contributed by atoms with E-state index in [-0.39, 0.29) is 10.8 Å². The van der Waals surface area contributed by atoms with Gasteiger partial charge in [-0.3, -0.25) is 4.79 Å². The van der Waals surface area contributed by atoms with E-state index in [0.29, 0.717) is 31.4 Å². The van der Waals surface area contributed by atoms with Gasteiger partial charge in [0.05, 0.1) is 4.90 Å². The lowest BCUT2D eigenvalue weighted by atomic mass is 9.94. The summed E-state index contributed by atoms with van der Waals surface area (Å²) in [5.41, 5.74) is 1.38. The molecule has 7 nitrogen and oxygen atoms in total. The number of carbonyl (C=O) groups is 1. The summed E-state index contributed by atoms with van der Waals surface area (Å²) in [7, 11) is 0.493. The van der Waals surface area contributed by atoms with Gasteiger partial charge in [-0.1, -0.05) is 33.1 Å². The fraction of sp³-hybridized carbons (Fsp3) is 0.625. The van der Waals surface area contributed by atoms with E-state index >= 15 is 0 Å². The molecule has 0 bridgehead atoms. The highest BCUT2D eigenvalue weighted by atomic mass is 32.2. The van der Waals surface area contributed by atoms with E-state index in [0.717, 1.165) is 23.9 Å². The number of fused-ring (bicyclic) bond motifs is 1. The number of hydrogen-bond acceptors (Lipinski definition) is 4. The molecule has 1 aromatic heterocycles. The molecule has 0 saturated heterocycles. The number of nitrogens with zero attached hydrogens (tertiary/aromatic N) is 3. The first-order chi connectivity index (χ1) is 15.3. The molecular formula is C24H38N4O3S. The third-order valence-corrected chi connectivity index (χ3v) is 8.81. The standard InChI is InChI=1S/C24H38N4O3S/c1-5-28(6-2)32(30,31)21-13-14-22-19(17-21)18-23(27(22)4)24(29)25-15-10-16-26(3)20-11-8-7-9-12-20/h13-14,17-18,20H,5-12,15-16H2,1-4H3,(H,25,29). The van der Waals surface area contributed by atoms with E-state index in [2.05, 4.69) is 17.3 Å². The van der Waals surface area contributed by atoms with Crippen LogP contribution in [0.5, 0.6) is 0 Å². The minimum absolute atomic E-state index is 0.128. The Labute approximate surface area is 192 Å². The van der Waals surface area contributed by atoms with Crippen LogP contribution in [0.2, 0.25) is 0 Å². The molecule has 1 fully saturated rings. The molecule has 1 N–H and O–H groups in total. The molecule has 1 amide bonds. The summed E-state index contributed by atoms with van der Waals surface area (Å²) in [6.45, 7) is 6.12. The van der Waals surface area contributed by atoms with E-state index in [1.54, 1.807) is 24.3 Å². The molecule has 2 aromatic rings. The quantitative estimate of drug-likeness (QED) is 0.548. The van der Waals surface area contributed by atoms with E-state index in [9.17, 15) is 13.2 Å². The second kappa shape index (κ2) is 10.8. The summed E-state index contributed by atoms with van der Waals surface area (Å²) in [5.74, 6) is -0.128. The van der Waals surface area contributed by atoms with Crippen LogP contribution in [-0.2, 0) is 17.1 Å². The highest BCUT2D eigenvalue weighted by Gasteiger charge is 2.23. The van der Waals surface area contributed by atoms with Gasteiger partial charge in [0.15, 0.2) is 0 Å². The van der Waals surface area contributed by atoms with E-state index < -0.39 is 10.0 Å². The fourth-order valence-electron chi connectivity index (χ4n) is 4.74. The molecule has 0 atom stereocenters. The van der Waals surface area contributed by atoms with Crippen LogP contribution in [0, 0.1) is 0 Å². The molecule has 3 rings (SSSR count). The zero-order chi connectivity index (χ0) is 23.3. The zero-order valence-corrected chi connectivity index (χ0v) is 20.7. The van der Waals surface area contributed by atoms with Crippen molar-refractivity contribution in [3.8, 4) is 0 Å². The van der Waals surface area contributed by atoms with Gasteiger partial charge >= 0.3 is 0 Å². The van der Waals surface area contributed by atoms with Crippen molar-refractivity contribution in [3.05, 3.63) is 30.0 Å². The number of aromatic nitrogens is 1. The second-order valence-corrected chi connectivity index (χ2v) is 10.7. The van der Waals surface area contributed by atoms with Gasteiger partial charge in [0.25, 0.3) is 5.91 Å². The number of carbonyl (C=O) groups excluding carboxylic acids is 1. The van der Waals surface area contributed by atoms with Gasteiger partial charge in [0.2, 0.25) is 10.0 Å². The predicted octanol–water partition coefficient (Wildman–Crippen LogP) is 3.59. The van der Waals surface area contributed by atoms with Crippen molar-refractivity contribution in [1.82, 2.24) is 19.1 Å². The van der Waals surface area contributed by atoms with Crippen molar-refractivity contribution < 1.29 is 13.2 Å². The molecule has 8 heteroatoms. The number of rotatable bonds is 10. The first kappa shape index (κ1) is 24.7. The molecule has 1 saturated carbocycles. The fourth-order valence-corrected chi connectivity index (χ4v) is 6.24. The Morgan fingerprint density at radius 1 is 1.12 bits per heavy atom. The van der Waals surface area contributed by atoms with Gasteiger partial charge < -0.3 is 14.8 Å². The Bertz CT molecular complexity index is 1020. The van der Waals surface area contributed by atoms with Crippen LogP contribution in [0.15, 0.2) is 29.2 Å². The lowest BCUT2D eigenvalue weighted by Gasteiger charge is -2.31. The summed E-state index contributed by atoms with van der Waals surface area (Å²) < 4.78 is 29.0. The highest BCUT2D eigenvalue weighted by molar-refractivity contribution is 7.89.